The maximum Gasteiger partial charge on any atom is 0.242 e. The zero-order chi connectivity index (χ0) is 14.5. The van der Waals surface area contributed by atoms with Gasteiger partial charge in [-0.2, -0.15) is 0 Å². The van der Waals surface area contributed by atoms with Gasteiger partial charge < -0.3 is 5.32 Å². The van der Waals surface area contributed by atoms with E-state index in [1.165, 1.54) is 4.31 Å². The van der Waals surface area contributed by atoms with Gasteiger partial charge in [-0.3, -0.25) is 0 Å². The highest BCUT2D eigenvalue weighted by molar-refractivity contribution is 7.89. The predicted molar refractivity (Wildman–Crippen MR) is 78.9 cm³/mol. The van der Waals surface area contributed by atoms with E-state index in [4.69, 9.17) is 11.6 Å². The van der Waals surface area contributed by atoms with E-state index in [0.717, 1.165) is 18.4 Å². The van der Waals surface area contributed by atoms with Crippen molar-refractivity contribution in [3.63, 3.8) is 0 Å². The minimum atomic E-state index is -3.42. The first-order valence-corrected chi connectivity index (χ1v) is 8.14. The average molecular weight is 305 g/mol. The van der Waals surface area contributed by atoms with Crippen molar-refractivity contribution in [2.24, 2.45) is 0 Å². The van der Waals surface area contributed by atoms with Crippen molar-refractivity contribution in [3.05, 3.63) is 28.8 Å². The van der Waals surface area contributed by atoms with Crippen molar-refractivity contribution >= 4 is 21.6 Å². The highest BCUT2D eigenvalue weighted by atomic mass is 35.5. The Kier molecular flexibility index (Phi) is 6.26. The van der Waals surface area contributed by atoms with Crippen LogP contribution in [0, 0.1) is 0 Å². The van der Waals surface area contributed by atoms with Gasteiger partial charge in [-0.05, 0) is 37.2 Å². The van der Waals surface area contributed by atoms with E-state index in [0.29, 0.717) is 23.0 Å². The van der Waals surface area contributed by atoms with Crippen LogP contribution in [0.15, 0.2) is 23.1 Å². The van der Waals surface area contributed by atoms with Crippen LogP contribution in [0.2, 0.25) is 5.02 Å². The first kappa shape index (κ1) is 16.4. The maximum absolute atomic E-state index is 12.4. The van der Waals surface area contributed by atoms with Gasteiger partial charge in [0, 0.05) is 25.2 Å². The highest BCUT2D eigenvalue weighted by Crippen LogP contribution is 2.22. The van der Waals surface area contributed by atoms with Crippen LogP contribution < -0.4 is 5.32 Å². The summed E-state index contributed by atoms with van der Waals surface area (Å²) < 4.78 is 26.1. The van der Waals surface area contributed by atoms with Gasteiger partial charge in [0.1, 0.15) is 0 Å². The Bertz CT molecular complexity index is 517. The monoisotopic (exact) mass is 304 g/mol. The lowest BCUT2D eigenvalue weighted by molar-refractivity contribution is 0.459. The number of sulfonamides is 1. The molecule has 0 spiro atoms. The topological polar surface area (TPSA) is 49.4 Å². The van der Waals surface area contributed by atoms with Crippen LogP contribution in [0.5, 0.6) is 0 Å². The third kappa shape index (κ3) is 4.18. The number of nitrogens with one attached hydrogen (secondary N) is 1. The second kappa shape index (κ2) is 7.24. The summed E-state index contributed by atoms with van der Waals surface area (Å²) in [6.07, 6.45) is 1.82. The summed E-state index contributed by atoms with van der Waals surface area (Å²) in [6, 6.07) is 4.82. The van der Waals surface area contributed by atoms with E-state index in [-0.39, 0.29) is 0 Å². The summed E-state index contributed by atoms with van der Waals surface area (Å²) in [4.78, 5) is 0.292. The molecule has 108 valence electrons. The Balaban J connectivity index is 3.04. The third-order valence-corrected chi connectivity index (χ3v) is 5.14. The number of hydrogen-bond donors (Lipinski definition) is 1. The average Bonchev–Trinajstić information content (AvgIpc) is 2.38. The number of nitrogens with zero attached hydrogens (tertiary/aromatic N) is 1. The molecule has 1 aromatic carbocycles. The Labute approximate surface area is 120 Å². The van der Waals surface area contributed by atoms with E-state index >= 15 is 0 Å². The summed E-state index contributed by atoms with van der Waals surface area (Å²) in [5.74, 6) is 0. The second-order valence-electron chi connectivity index (χ2n) is 4.46. The van der Waals surface area contributed by atoms with E-state index in [2.05, 4.69) is 5.32 Å². The molecule has 19 heavy (non-hydrogen) atoms. The molecule has 0 aliphatic rings. The molecule has 0 heterocycles. The van der Waals surface area contributed by atoms with Crippen molar-refractivity contribution in [3.8, 4) is 0 Å². The van der Waals surface area contributed by atoms with Gasteiger partial charge in [-0.1, -0.05) is 24.9 Å². The summed E-state index contributed by atoms with van der Waals surface area (Å²) >= 11 is 6.04. The first-order chi connectivity index (χ1) is 8.93. The van der Waals surface area contributed by atoms with Gasteiger partial charge in [0.05, 0.1) is 4.90 Å². The van der Waals surface area contributed by atoms with E-state index in [9.17, 15) is 8.42 Å². The number of hydrogen-bond acceptors (Lipinski definition) is 3. The quantitative estimate of drug-likeness (QED) is 0.842. The van der Waals surface area contributed by atoms with Gasteiger partial charge in [0.15, 0.2) is 0 Å². The molecule has 0 fully saturated rings. The number of benzene rings is 1. The Morgan fingerprint density at radius 2 is 2.05 bits per heavy atom. The highest BCUT2D eigenvalue weighted by Gasteiger charge is 2.21. The van der Waals surface area contributed by atoms with Crippen LogP contribution in [-0.4, -0.2) is 33.4 Å². The van der Waals surface area contributed by atoms with Crippen LogP contribution in [0.25, 0.3) is 0 Å². The molecule has 6 heteroatoms. The molecule has 0 amide bonds. The van der Waals surface area contributed by atoms with Crippen LogP contribution >= 0.6 is 11.6 Å². The summed E-state index contributed by atoms with van der Waals surface area (Å²) in [7, 11) is -0.0169. The molecule has 1 aromatic rings. The molecule has 0 unspecified atom stereocenters. The van der Waals surface area contributed by atoms with Gasteiger partial charge >= 0.3 is 0 Å². The molecule has 0 aliphatic heterocycles. The normalized spacial score (nSPS) is 12.1. The summed E-state index contributed by atoms with van der Waals surface area (Å²) in [5, 5.41) is 3.55. The lowest BCUT2D eigenvalue weighted by Crippen LogP contribution is -2.28. The maximum atomic E-state index is 12.4. The Morgan fingerprint density at radius 3 is 2.63 bits per heavy atom. The number of halogens is 1. The second-order valence-corrected chi connectivity index (χ2v) is 6.92. The molecular weight excluding hydrogens is 284 g/mol. The molecule has 0 aliphatic carbocycles. The standard InChI is InChI=1S/C13H21ClN2O2S/c1-4-5-8-16(3)19(17,18)12-6-7-13(14)11(9-12)10-15-2/h6-7,9,15H,4-5,8,10H2,1-3H3. The smallest absolute Gasteiger partial charge is 0.242 e. The molecule has 0 aromatic heterocycles. The van der Waals surface area contributed by atoms with Gasteiger partial charge in [-0.15, -0.1) is 0 Å². The van der Waals surface area contributed by atoms with Gasteiger partial charge in [-0.25, -0.2) is 12.7 Å². The van der Waals surface area contributed by atoms with Crippen molar-refractivity contribution in [2.45, 2.75) is 31.2 Å². The molecule has 0 bridgehead atoms. The molecule has 0 radical (unpaired) electrons. The fourth-order valence-corrected chi connectivity index (χ4v) is 3.16. The molecular formula is C13H21ClN2O2S. The molecule has 0 saturated carbocycles. The van der Waals surface area contributed by atoms with Crippen molar-refractivity contribution in [1.29, 1.82) is 0 Å². The van der Waals surface area contributed by atoms with E-state index in [1.54, 1.807) is 32.3 Å². The van der Waals surface area contributed by atoms with Crippen LogP contribution in [0.4, 0.5) is 0 Å². The van der Waals surface area contributed by atoms with Crippen molar-refractivity contribution < 1.29 is 8.42 Å². The zero-order valence-corrected chi connectivity index (χ0v) is 13.2. The van der Waals surface area contributed by atoms with Crippen LogP contribution in [0.3, 0.4) is 0 Å². The molecule has 0 atom stereocenters. The number of unbranched alkanes of at least 4 members (excludes halogenated alkanes) is 1. The minimum Gasteiger partial charge on any atom is -0.316 e. The molecule has 1 N–H and O–H groups in total. The minimum absolute atomic E-state index is 0.292. The summed E-state index contributed by atoms with van der Waals surface area (Å²) in [6.45, 7) is 3.11. The first-order valence-electron chi connectivity index (χ1n) is 6.32. The van der Waals surface area contributed by atoms with Gasteiger partial charge in [0.25, 0.3) is 0 Å². The fraction of sp³-hybridized carbons (Fsp3) is 0.538. The molecule has 4 nitrogen and oxygen atoms in total. The lowest BCUT2D eigenvalue weighted by atomic mass is 10.2. The van der Waals surface area contributed by atoms with Crippen molar-refractivity contribution in [2.75, 3.05) is 20.6 Å². The van der Waals surface area contributed by atoms with Crippen LogP contribution in [0.1, 0.15) is 25.3 Å². The lowest BCUT2D eigenvalue weighted by Gasteiger charge is -2.17. The van der Waals surface area contributed by atoms with E-state index < -0.39 is 10.0 Å². The number of rotatable bonds is 7. The SMILES string of the molecule is CCCCN(C)S(=O)(=O)c1ccc(Cl)c(CNC)c1. The largest absolute Gasteiger partial charge is 0.316 e. The summed E-state index contributed by atoms with van der Waals surface area (Å²) in [5.41, 5.74) is 0.786. The molecule has 0 saturated heterocycles. The Hall–Kier alpha value is -0.620. The zero-order valence-electron chi connectivity index (χ0n) is 11.6. The molecule has 1 rings (SSSR count). The van der Waals surface area contributed by atoms with Crippen molar-refractivity contribution in [1.82, 2.24) is 9.62 Å². The van der Waals surface area contributed by atoms with E-state index in [1.807, 2.05) is 6.92 Å². The fourth-order valence-electron chi connectivity index (χ4n) is 1.72. The van der Waals surface area contributed by atoms with Crippen LogP contribution in [-0.2, 0) is 16.6 Å². The third-order valence-electron chi connectivity index (χ3n) is 2.92. The predicted octanol–water partition coefficient (Wildman–Crippen LogP) is 2.48. The Morgan fingerprint density at radius 1 is 1.37 bits per heavy atom. The van der Waals surface area contributed by atoms with Gasteiger partial charge in [0.2, 0.25) is 10.0 Å².